The smallest absolute Gasteiger partial charge is 0.338 e. The molecule has 0 radical (unpaired) electrons. The SMILES string of the molecule is CCOC(=O)c1ccnc(CNCCCN(C)C)c1. The van der Waals surface area contributed by atoms with Crippen molar-refractivity contribution in [1.29, 1.82) is 0 Å². The second-order valence-electron chi connectivity index (χ2n) is 4.59. The Morgan fingerprint density at radius 2 is 2.26 bits per heavy atom. The Morgan fingerprint density at radius 1 is 1.47 bits per heavy atom. The van der Waals surface area contributed by atoms with E-state index in [-0.39, 0.29) is 5.97 Å². The van der Waals surface area contributed by atoms with E-state index in [4.69, 9.17) is 4.74 Å². The van der Waals surface area contributed by atoms with E-state index in [1.165, 1.54) is 0 Å². The molecule has 5 heteroatoms. The average molecular weight is 265 g/mol. The number of nitrogens with zero attached hydrogens (tertiary/aromatic N) is 2. The highest BCUT2D eigenvalue weighted by atomic mass is 16.5. The zero-order valence-electron chi connectivity index (χ0n) is 12.0. The molecule has 0 unspecified atom stereocenters. The summed E-state index contributed by atoms with van der Waals surface area (Å²) in [4.78, 5) is 18.0. The van der Waals surface area contributed by atoms with E-state index in [0.29, 0.717) is 18.7 Å². The highest BCUT2D eigenvalue weighted by Gasteiger charge is 2.07. The second-order valence-corrected chi connectivity index (χ2v) is 4.59. The minimum atomic E-state index is -0.293. The number of aromatic nitrogens is 1. The number of hydrogen-bond acceptors (Lipinski definition) is 5. The lowest BCUT2D eigenvalue weighted by Gasteiger charge is -2.10. The van der Waals surface area contributed by atoms with E-state index in [0.717, 1.165) is 25.2 Å². The fourth-order valence-corrected chi connectivity index (χ4v) is 1.65. The molecule has 1 aromatic rings. The van der Waals surface area contributed by atoms with Crippen molar-refractivity contribution in [2.75, 3.05) is 33.8 Å². The van der Waals surface area contributed by atoms with Crippen LogP contribution >= 0.6 is 0 Å². The van der Waals surface area contributed by atoms with E-state index in [2.05, 4.69) is 29.3 Å². The second kappa shape index (κ2) is 8.61. The molecular weight excluding hydrogens is 242 g/mol. The Balaban J connectivity index is 2.38. The molecule has 0 aliphatic rings. The van der Waals surface area contributed by atoms with Gasteiger partial charge in [-0.2, -0.15) is 0 Å². The summed E-state index contributed by atoms with van der Waals surface area (Å²) in [5, 5.41) is 3.31. The lowest BCUT2D eigenvalue weighted by Crippen LogP contribution is -2.21. The van der Waals surface area contributed by atoms with Crippen molar-refractivity contribution in [1.82, 2.24) is 15.2 Å². The van der Waals surface area contributed by atoms with Gasteiger partial charge in [-0.15, -0.1) is 0 Å². The largest absolute Gasteiger partial charge is 0.462 e. The number of carbonyl (C=O) groups excluding carboxylic acids is 1. The van der Waals surface area contributed by atoms with Crippen molar-refractivity contribution in [3.8, 4) is 0 Å². The van der Waals surface area contributed by atoms with Crippen molar-refractivity contribution in [3.63, 3.8) is 0 Å². The summed E-state index contributed by atoms with van der Waals surface area (Å²) in [5.41, 5.74) is 1.41. The van der Waals surface area contributed by atoms with E-state index in [9.17, 15) is 4.79 Å². The van der Waals surface area contributed by atoms with Gasteiger partial charge in [0.15, 0.2) is 0 Å². The van der Waals surface area contributed by atoms with Gasteiger partial charge in [0.25, 0.3) is 0 Å². The van der Waals surface area contributed by atoms with Gasteiger partial charge in [-0.25, -0.2) is 4.79 Å². The monoisotopic (exact) mass is 265 g/mol. The van der Waals surface area contributed by atoms with Crippen molar-refractivity contribution >= 4 is 5.97 Å². The maximum atomic E-state index is 11.6. The molecule has 0 spiro atoms. The predicted molar refractivity (Wildman–Crippen MR) is 75.1 cm³/mol. The van der Waals surface area contributed by atoms with Crippen molar-refractivity contribution in [2.45, 2.75) is 19.9 Å². The predicted octanol–water partition coefficient (Wildman–Crippen LogP) is 1.30. The molecule has 19 heavy (non-hydrogen) atoms. The third-order valence-electron chi connectivity index (χ3n) is 2.59. The molecule has 0 saturated carbocycles. The minimum absolute atomic E-state index is 0.293. The van der Waals surface area contributed by atoms with Crippen LogP contribution in [-0.2, 0) is 11.3 Å². The molecule has 1 N–H and O–H groups in total. The molecular formula is C14H23N3O2. The lowest BCUT2D eigenvalue weighted by atomic mass is 10.2. The van der Waals surface area contributed by atoms with Gasteiger partial charge >= 0.3 is 5.97 Å². The highest BCUT2D eigenvalue weighted by Crippen LogP contribution is 2.04. The van der Waals surface area contributed by atoms with Crippen LogP contribution in [0.25, 0.3) is 0 Å². The molecule has 0 aliphatic heterocycles. The number of ether oxygens (including phenoxy) is 1. The molecule has 0 aliphatic carbocycles. The van der Waals surface area contributed by atoms with Crippen LogP contribution in [0.2, 0.25) is 0 Å². The van der Waals surface area contributed by atoms with Crippen molar-refractivity contribution in [2.24, 2.45) is 0 Å². The van der Waals surface area contributed by atoms with E-state index < -0.39 is 0 Å². The summed E-state index contributed by atoms with van der Waals surface area (Å²) in [5.74, 6) is -0.293. The lowest BCUT2D eigenvalue weighted by molar-refractivity contribution is 0.0526. The van der Waals surface area contributed by atoms with Gasteiger partial charge in [0.05, 0.1) is 17.9 Å². The maximum Gasteiger partial charge on any atom is 0.338 e. The fraction of sp³-hybridized carbons (Fsp3) is 0.571. The van der Waals surface area contributed by atoms with Crippen LogP contribution in [0.3, 0.4) is 0 Å². The molecule has 5 nitrogen and oxygen atoms in total. The van der Waals surface area contributed by atoms with Crippen LogP contribution in [0, 0.1) is 0 Å². The molecule has 1 rings (SSSR count). The topological polar surface area (TPSA) is 54.5 Å². The highest BCUT2D eigenvalue weighted by molar-refractivity contribution is 5.89. The third-order valence-corrected chi connectivity index (χ3v) is 2.59. The number of esters is 1. The van der Waals surface area contributed by atoms with Gasteiger partial charge in [-0.05, 0) is 52.7 Å². The Morgan fingerprint density at radius 3 is 2.95 bits per heavy atom. The zero-order valence-corrected chi connectivity index (χ0v) is 12.0. The van der Waals surface area contributed by atoms with Gasteiger partial charge in [0.1, 0.15) is 0 Å². The summed E-state index contributed by atoms with van der Waals surface area (Å²) in [6.07, 6.45) is 2.73. The summed E-state index contributed by atoms with van der Waals surface area (Å²) < 4.78 is 4.96. The van der Waals surface area contributed by atoms with Crippen LogP contribution in [0.4, 0.5) is 0 Å². The van der Waals surface area contributed by atoms with Crippen molar-refractivity contribution < 1.29 is 9.53 Å². The van der Waals surface area contributed by atoms with Crippen LogP contribution in [0.15, 0.2) is 18.3 Å². The maximum absolute atomic E-state index is 11.6. The summed E-state index contributed by atoms with van der Waals surface area (Å²) >= 11 is 0. The number of carbonyl (C=O) groups is 1. The molecule has 106 valence electrons. The Bertz CT molecular complexity index is 394. The zero-order chi connectivity index (χ0) is 14.1. The van der Waals surface area contributed by atoms with Crippen LogP contribution in [0.5, 0.6) is 0 Å². The summed E-state index contributed by atoms with van der Waals surface area (Å²) in [7, 11) is 4.12. The molecule has 1 aromatic heterocycles. The molecule has 0 bridgehead atoms. The molecule has 1 heterocycles. The Hall–Kier alpha value is -1.46. The number of pyridine rings is 1. The Labute approximate surface area is 115 Å². The molecule has 0 fully saturated rings. The van der Waals surface area contributed by atoms with E-state index >= 15 is 0 Å². The summed E-state index contributed by atoms with van der Waals surface area (Å²) in [6, 6.07) is 3.45. The summed E-state index contributed by atoms with van der Waals surface area (Å²) in [6.45, 7) is 4.85. The average Bonchev–Trinajstić information content (AvgIpc) is 2.38. The van der Waals surface area contributed by atoms with Crippen LogP contribution in [0.1, 0.15) is 29.4 Å². The first-order chi connectivity index (χ1) is 9.13. The molecule has 0 aromatic carbocycles. The van der Waals surface area contributed by atoms with Crippen LogP contribution < -0.4 is 5.32 Å². The quantitative estimate of drug-likeness (QED) is 0.567. The molecule has 0 saturated heterocycles. The third kappa shape index (κ3) is 6.31. The number of nitrogens with one attached hydrogen (secondary N) is 1. The number of rotatable bonds is 8. The fourth-order valence-electron chi connectivity index (χ4n) is 1.65. The van der Waals surface area contributed by atoms with E-state index in [1.54, 1.807) is 25.3 Å². The van der Waals surface area contributed by atoms with Gasteiger partial charge in [0, 0.05) is 12.7 Å². The van der Waals surface area contributed by atoms with Crippen molar-refractivity contribution in [3.05, 3.63) is 29.6 Å². The van der Waals surface area contributed by atoms with Gasteiger partial charge in [0.2, 0.25) is 0 Å². The van der Waals surface area contributed by atoms with E-state index in [1.807, 2.05) is 0 Å². The number of hydrogen-bond donors (Lipinski definition) is 1. The van der Waals surface area contributed by atoms with Gasteiger partial charge < -0.3 is 15.0 Å². The normalized spacial score (nSPS) is 10.7. The first kappa shape index (κ1) is 15.6. The standard InChI is InChI=1S/C14H23N3O2/c1-4-19-14(18)12-6-8-16-13(10-12)11-15-7-5-9-17(2)3/h6,8,10,15H,4-5,7,9,11H2,1-3H3. The first-order valence-electron chi connectivity index (χ1n) is 6.61. The van der Waals surface area contributed by atoms with Gasteiger partial charge in [-0.3, -0.25) is 4.98 Å². The molecule has 0 amide bonds. The van der Waals surface area contributed by atoms with Crippen LogP contribution in [-0.4, -0.2) is 49.6 Å². The Kier molecular flexibility index (Phi) is 7.07. The van der Waals surface area contributed by atoms with Gasteiger partial charge in [-0.1, -0.05) is 0 Å². The first-order valence-corrected chi connectivity index (χ1v) is 6.61. The molecule has 0 atom stereocenters. The minimum Gasteiger partial charge on any atom is -0.462 e.